The van der Waals surface area contributed by atoms with Crippen molar-refractivity contribution in [1.82, 2.24) is 20.4 Å². The van der Waals surface area contributed by atoms with Gasteiger partial charge in [-0.05, 0) is 52.3 Å². The molecule has 0 bridgehead atoms. The van der Waals surface area contributed by atoms with Gasteiger partial charge in [-0.3, -0.25) is 29.8 Å². The third kappa shape index (κ3) is 4.35. The summed E-state index contributed by atoms with van der Waals surface area (Å²) in [5.41, 5.74) is 6.53. The molecule has 0 unspecified atom stereocenters. The minimum atomic E-state index is -0.466. The van der Waals surface area contributed by atoms with Gasteiger partial charge in [0, 0.05) is 27.0 Å². The van der Waals surface area contributed by atoms with E-state index >= 15 is 0 Å². The number of carbonyl (C=O) groups is 2. The van der Waals surface area contributed by atoms with Crippen molar-refractivity contribution in [2.45, 2.75) is 6.92 Å². The van der Waals surface area contributed by atoms with Crippen molar-refractivity contribution in [2.24, 2.45) is 0 Å². The van der Waals surface area contributed by atoms with Crippen molar-refractivity contribution in [2.75, 3.05) is 0 Å². The number of hydrazine groups is 1. The summed E-state index contributed by atoms with van der Waals surface area (Å²) in [6.07, 6.45) is 0. The fourth-order valence-corrected chi connectivity index (χ4v) is 4.53. The molecule has 0 aliphatic heterocycles. The normalized spacial score (nSPS) is 10.7. The summed E-state index contributed by atoms with van der Waals surface area (Å²) in [4.78, 5) is 41.6. The van der Waals surface area contributed by atoms with Gasteiger partial charge in [-0.1, -0.05) is 46.3 Å². The standard InChI is InChI=1S/C23H16Br2N4O3/c1-13(30)27-28-22(31)15-7-9-17(10-8-15)29-21(14-5-3-2-4-6-14)26-20-18(23(29)32)11-16(24)12-19(20)25/h2-12H,1H3,(H,27,30)(H,28,31). The quantitative estimate of drug-likeness (QED) is 0.367. The first kappa shape index (κ1) is 21.9. The molecule has 1 aromatic heterocycles. The number of benzene rings is 3. The first-order chi connectivity index (χ1) is 15.3. The van der Waals surface area contributed by atoms with E-state index in [1.165, 1.54) is 11.5 Å². The molecule has 1 heterocycles. The molecule has 9 heteroatoms. The summed E-state index contributed by atoms with van der Waals surface area (Å²) in [6.45, 7) is 1.30. The zero-order chi connectivity index (χ0) is 22.8. The van der Waals surface area contributed by atoms with Crippen molar-refractivity contribution in [3.8, 4) is 17.1 Å². The molecule has 3 aromatic carbocycles. The van der Waals surface area contributed by atoms with Crippen molar-refractivity contribution in [3.63, 3.8) is 0 Å². The molecule has 0 radical (unpaired) electrons. The predicted octanol–water partition coefficient (Wildman–Crippen LogP) is 4.36. The second-order valence-electron chi connectivity index (χ2n) is 6.91. The first-order valence-electron chi connectivity index (χ1n) is 9.50. The van der Waals surface area contributed by atoms with E-state index in [-0.39, 0.29) is 11.5 Å². The molecule has 0 aliphatic rings. The van der Waals surface area contributed by atoms with Gasteiger partial charge in [0.05, 0.1) is 16.6 Å². The summed E-state index contributed by atoms with van der Waals surface area (Å²) in [6, 6.07) is 19.5. The minimum absolute atomic E-state index is 0.244. The molecule has 160 valence electrons. The van der Waals surface area contributed by atoms with Crippen molar-refractivity contribution < 1.29 is 9.59 Å². The van der Waals surface area contributed by atoms with Gasteiger partial charge >= 0.3 is 0 Å². The average Bonchev–Trinajstić information content (AvgIpc) is 2.78. The maximum absolute atomic E-state index is 13.6. The molecule has 7 nitrogen and oxygen atoms in total. The van der Waals surface area contributed by atoms with E-state index in [1.54, 1.807) is 30.3 Å². The summed E-state index contributed by atoms with van der Waals surface area (Å²) < 4.78 is 2.97. The van der Waals surface area contributed by atoms with Crippen LogP contribution in [0.4, 0.5) is 0 Å². The minimum Gasteiger partial charge on any atom is -0.274 e. The van der Waals surface area contributed by atoms with Crippen LogP contribution in [0.2, 0.25) is 0 Å². The van der Waals surface area contributed by atoms with E-state index in [9.17, 15) is 14.4 Å². The zero-order valence-corrected chi connectivity index (χ0v) is 19.9. The molecule has 2 amide bonds. The molecule has 2 N–H and O–H groups in total. The smallest absolute Gasteiger partial charge is 0.269 e. The Labute approximate surface area is 199 Å². The lowest BCUT2D eigenvalue weighted by atomic mass is 10.1. The molecule has 0 saturated carbocycles. The lowest BCUT2D eigenvalue weighted by Gasteiger charge is -2.15. The van der Waals surface area contributed by atoms with Crippen LogP contribution in [-0.2, 0) is 4.79 Å². The van der Waals surface area contributed by atoms with Crippen LogP contribution in [0.25, 0.3) is 28.0 Å². The van der Waals surface area contributed by atoms with Crippen LogP contribution in [0, 0.1) is 0 Å². The Hall–Kier alpha value is -3.30. The Bertz CT molecular complexity index is 1400. The fourth-order valence-electron chi connectivity index (χ4n) is 3.21. The Balaban J connectivity index is 1.89. The van der Waals surface area contributed by atoms with Gasteiger partial charge < -0.3 is 0 Å². The molecule has 32 heavy (non-hydrogen) atoms. The first-order valence-corrected chi connectivity index (χ1v) is 11.1. The molecule has 0 atom stereocenters. The number of amides is 2. The van der Waals surface area contributed by atoms with Gasteiger partial charge in [-0.15, -0.1) is 0 Å². The highest BCUT2D eigenvalue weighted by atomic mass is 79.9. The Morgan fingerprint density at radius 2 is 1.62 bits per heavy atom. The highest BCUT2D eigenvalue weighted by Gasteiger charge is 2.17. The third-order valence-corrected chi connectivity index (χ3v) is 5.73. The highest BCUT2D eigenvalue weighted by Crippen LogP contribution is 2.29. The number of nitrogens with one attached hydrogen (secondary N) is 2. The second-order valence-corrected chi connectivity index (χ2v) is 8.68. The van der Waals surface area contributed by atoms with Crippen LogP contribution >= 0.6 is 31.9 Å². The number of rotatable bonds is 3. The monoisotopic (exact) mass is 554 g/mol. The summed E-state index contributed by atoms with van der Waals surface area (Å²) in [5, 5.41) is 0.443. The maximum atomic E-state index is 13.6. The number of hydrogen-bond donors (Lipinski definition) is 2. The second kappa shape index (κ2) is 9.05. The van der Waals surface area contributed by atoms with Crippen LogP contribution in [0.1, 0.15) is 17.3 Å². The van der Waals surface area contributed by atoms with Gasteiger partial charge in [0.25, 0.3) is 11.5 Å². The molecule has 0 aliphatic carbocycles. The summed E-state index contributed by atoms with van der Waals surface area (Å²) in [5.74, 6) is -0.373. The largest absolute Gasteiger partial charge is 0.274 e. The van der Waals surface area contributed by atoms with Gasteiger partial charge in [-0.2, -0.15) is 0 Å². The van der Waals surface area contributed by atoms with Gasteiger partial charge in [0.1, 0.15) is 5.82 Å². The Kier molecular flexibility index (Phi) is 6.20. The number of hydrogen-bond acceptors (Lipinski definition) is 4. The summed E-state index contributed by atoms with van der Waals surface area (Å²) >= 11 is 6.94. The van der Waals surface area contributed by atoms with Gasteiger partial charge in [-0.25, -0.2) is 4.98 Å². The van der Waals surface area contributed by atoms with Gasteiger partial charge in [0.2, 0.25) is 5.91 Å². The zero-order valence-electron chi connectivity index (χ0n) is 16.7. The molecule has 0 saturated heterocycles. The fraction of sp³-hybridized carbons (Fsp3) is 0.0435. The topological polar surface area (TPSA) is 93.1 Å². The average molecular weight is 556 g/mol. The van der Waals surface area contributed by atoms with Crippen LogP contribution < -0.4 is 16.4 Å². The molecule has 4 rings (SSSR count). The van der Waals surface area contributed by atoms with Crippen LogP contribution in [-0.4, -0.2) is 21.4 Å². The number of nitrogens with zero attached hydrogens (tertiary/aromatic N) is 2. The number of aromatic nitrogens is 2. The van der Waals surface area contributed by atoms with E-state index < -0.39 is 5.91 Å². The number of fused-ring (bicyclic) bond motifs is 1. The maximum Gasteiger partial charge on any atom is 0.269 e. The van der Waals surface area contributed by atoms with Crippen molar-refractivity contribution in [1.29, 1.82) is 0 Å². The van der Waals surface area contributed by atoms with E-state index in [1.807, 2.05) is 36.4 Å². The highest BCUT2D eigenvalue weighted by molar-refractivity contribution is 9.11. The number of carbonyl (C=O) groups excluding carboxylic acids is 2. The van der Waals surface area contributed by atoms with E-state index in [4.69, 9.17) is 4.98 Å². The number of halogens is 2. The van der Waals surface area contributed by atoms with E-state index in [2.05, 4.69) is 42.7 Å². The van der Waals surface area contributed by atoms with Crippen molar-refractivity contribution >= 4 is 54.6 Å². The van der Waals surface area contributed by atoms with Crippen LogP contribution in [0.3, 0.4) is 0 Å². The summed E-state index contributed by atoms with van der Waals surface area (Å²) in [7, 11) is 0. The van der Waals surface area contributed by atoms with Gasteiger partial charge in [0.15, 0.2) is 0 Å². The predicted molar refractivity (Wildman–Crippen MR) is 129 cm³/mol. The lowest BCUT2D eigenvalue weighted by molar-refractivity contribution is -0.119. The Morgan fingerprint density at radius 1 is 0.938 bits per heavy atom. The third-order valence-electron chi connectivity index (χ3n) is 4.66. The van der Waals surface area contributed by atoms with E-state index in [0.29, 0.717) is 32.5 Å². The molecule has 0 spiro atoms. The molecular formula is C23H16Br2N4O3. The molecule has 4 aromatic rings. The van der Waals surface area contributed by atoms with Crippen LogP contribution in [0.15, 0.2) is 80.5 Å². The Morgan fingerprint density at radius 3 is 2.28 bits per heavy atom. The SMILES string of the molecule is CC(=O)NNC(=O)c1ccc(-n2c(-c3ccccc3)nc3c(Br)cc(Br)cc3c2=O)cc1. The van der Waals surface area contributed by atoms with Crippen LogP contribution in [0.5, 0.6) is 0 Å². The lowest BCUT2D eigenvalue weighted by Crippen LogP contribution is -2.40. The van der Waals surface area contributed by atoms with Crippen molar-refractivity contribution in [3.05, 3.63) is 91.6 Å². The molecular weight excluding hydrogens is 540 g/mol. The van der Waals surface area contributed by atoms with E-state index in [0.717, 1.165) is 10.0 Å². The molecule has 0 fully saturated rings.